The fourth-order valence-electron chi connectivity index (χ4n) is 3.93. The van der Waals surface area contributed by atoms with Crippen molar-refractivity contribution in [1.29, 1.82) is 0 Å². The van der Waals surface area contributed by atoms with Gasteiger partial charge in [0.05, 0.1) is 29.0 Å². The van der Waals surface area contributed by atoms with Crippen LogP contribution in [-0.2, 0) is 12.7 Å². The number of hydrogen-bond acceptors (Lipinski definition) is 4. The number of nitrogens with zero attached hydrogens (tertiary/aromatic N) is 3. The number of pyridine rings is 1. The monoisotopic (exact) mass is 513 g/mol. The van der Waals surface area contributed by atoms with E-state index in [9.17, 15) is 27.2 Å². The molecule has 0 saturated heterocycles. The number of nitrogens with one attached hydrogen (secondary N) is 1. The lowest BCUT2D eigenvalue weighted by atomic mass is 10.0. The predicted octanol–water partition coefficient (Wildman–Crippen LogP) is 5.42. The Labute approximate surface area is 209 Å². The van der Waals surface area contributed by atoms with Crippen LogP contribution < -0.4 is 11.1 Å². The lowest BCUT2D eigenvalue weighted by Gasteiger charge is -2.12. The van der Waals surface area contributed by atoms with Gasteiger partial charge in [-0.25, -0.2) is 9.37 Å². The lowest BCUT2D eigenvalue weighted by molar-refractivity contribution is -0.140. The summed E-state index contributed by atoms with van der Waals surface area (Å²) in [6.07, 6.45) is -4.86. The summed E-state index contributed by atoms with van der Waals surface area (Å²) in [5, 5.41) is 6.16. The predicted molar refractivity (Wildman–Crippen MR) is 130 cm³/mol. The van der Waals surface area contributed by atoms with Crippen molar-refractivity contribution in [2.45, 2.75) is 39.4 Å². The van der Waals surface area contributed by atoms with E-state index >= 15 is 0 Å². The Hall–Kier alpha value is -4.28. The largest absolute Gasteiger partial charge is 0.437 e. The molecule has 0 radical (unpaired) electrons. The molecule has 0 unspecified atom stereocenters. The minimum absolute atomic E-state index is 0.0465. The topological polar surface area (TPSA) is 103 Å². The molecule has 0 atom stereocenters. The van der Waals surface area contributed by atoms with Gasteiger partial charge < -0.3 is 11.1 Å². The van der Waals surface area contributed by atoms with Crippen LogP contribution in [0.5, 0.6) is 0 Å². The van der Waals surface area contributed by atoms with E-state index in [0.29, 0.717) is 5.92 Å². The Morgan fingerprint density at radius 1 is 1.08 bits per heavy atom. The molecule has 0 fully saturated rings. The molecule has 2 heterocycles. The summed E-state index contributed by atoms with van der Waals surface area (Å²) in [6.45, 7) is 5.53. The van der Waals surface area contributed by atoms with Crippen molar-refractivity contribution in [3.05, 3.63) is 88.1 Å². The van der Waals surface area contributed by atoms with Gasteiger partial charge in [-0.05, 0) is 42.2 Å². The van der Waals surface area contributed by atoms with Gasteiger partial charge in [0.15, 0.2) is 5.69 Å². The first kappa shape index (κ1) is 25.8. The Bertz CT molecular complexity index is 1510. The van der Waals surface area contributed by atoms with E-state index in [1.54, 1.807) is 0 Å². The summed E-state index contributed by atoms with van der Waals surface area (Å²) in [6, 6.07) is 11.8. The van der Waals surface area contributed by atoms with E-state index in [2.05, 4.69) is 15.4 Å². The van der Waals surface area contributed by atoms with Crippen molar-refractivity contribution < 1.29 is 27.2 Å². The smallest absolute Gasteiger partial charge is 0.364 e. The molecule has 4 aromatic rings. The minimum Gasteiger partial charge on any atom is -0.364 e. The molecule has 4 rings (SSSR count). The van der Waals surface area contributed by atoms with Gasteiger partial charge in [-0.1, -0.05) is 38.1 Å². The molecule has 11 heteroatoms. The van der Waals surface area contributed by atoms with Crippen molar-refractivity contribution >= 4 is 28.4 Å². The molecule has 0 saturated carbocycles. The third-order valence-corrected chi connectivity index (χ3v) is 5.96. The highest BCUT2D eigenvalue weighted by Crippen LogP contribution is 2.36. The maximum absolute atomic E-state index is 13.9. The molecule has 192 valence electrons. The molecule has 3 N–H and O–H groups in total. The van der Waals surface area contributed by atoms with Gasteiger partial charge in [-0.2, -0.15) is 18.3 Å². The van der Waals surface area contributed by atoms with Gasteiger partial charge in [-0.15, -0.1) is 0 Å². The van der Waals surface area contributed by atoms with Crippen LogP contribution in [0.2, 0.25) is 0 Å². The van der Waals surface area contributed by atoms with Crippen LogP contribution in [-0.4, -0.2) is 26.6 Å². The first-order valence-electron chi connectivity index (χ1n) is 11.3. The Morgan fingerprint density at radius 3 is 2.35 bits per heavy atom. The van der Waals surface area contributed by atoms with E-state index in [1.165, 1.54) is 13.0 Å². The molecule has 0 aliphatic heterocycles. The highest BCUT2D eigenvalue weighted by molar-refractivity contribution is 6.14. The average Bonchev–Trinajstić information content (AvgIpc) is 3.13. The molecular weight excluding hydrogens is 490 g/mol. The number of benzene rings is 2. The van der Waals surface area contributed by atoms with Crippen LogP contribution >= 0.6 is 0 Å². The zero-order valence-electron chi connectivity index (χ0n) is 20.2. The Balaban J connectivity index is 1.74. The number of amides is 2. The van der Waals surface area contributed by atoms with Crippen molar-refractivity contribution in [3.63, 3.8) is 0 Å². The summed E-state index contributed by atoms with van der Waals surface area (Å²) < 4.78 is 56.6. The summed E-state index contributed by atoms with van der Waals surface area (Å²) in [5.74, 6) is -2.32. The van der Waals surface area contributed by atoms with E-state index in [4.69, 9.17) is 5.73 Å². The summed E-state index contributed by atoms with van der Waals surface area (Å²) in [7, 11) is 0. The van der Waals surface area contributed by atoms with Crippen molar-refractivity contribution in [3.8, 4) is 0 Å². The fourth-order valence-corrected chi connectivity index (χ4v) is 3.93. The van der Waals surface area contributed by atoms with Crippen molar-refractivity contribution in [2.75, 3.05) is 5.32 Å². The number of hydrogen-bond donors (Lipinski definition) is 2. The third-order valence-electron chi connectivity index (χ3n) is 5.96. The van der Waals surface area contributed by atoms with Gasteiger partial charge in [-0.3, -0.25) is 14.3 Å². The Kier molecular flexibility index (Phi) is 6.72. The van der Waals surface area contributed by atoms with Gasteiger partial charge in [0.1, 0.15) is 11.5 Å². The minimum atomic E-state index is -4.86. The number of alkyl halides is 3. The zero-order valence-corrected chi connectivity index (χ0v) is 20.2. The SMILES string of the molecule is Cc1c(NC(=O)c2cc(C(N)=O)nc3cc(F)ccc23)c(C(F)(F)F)nn1Cc1ccc(C(C)C)cc1. The van der Waals surface area contributed by atoms with E-state index in [-0.39, 0.29) is 34.4 Å². The molecule has 0 spiro atoms. The van der Waals surface area contributed by atoms with Crippen LogP contribution in [0.25, 0.3) is 10.9 Å². The normalized spacial score (nSPS) is 11.8. The highest BCUT2D eigenvalue weighted by atomic mass is 19.4. The number of rotatable bonds is 6. The summed E-state index contributed by atoms with van der Waals surface area (Å²) >= 11 is 0. The van der Waals surface area contributed by atoms with E-state index in [0.717, 1.165) is 34.0 Å². The first-order valence-corrected chi connectivity index (χ1v) is 11.3. The lowest BCUT2D eigenvalue weighted by Crippen LogP contribution is -2.19. The number of halogens is 4. The summed E-state index contributed by atoms with van der Waals surface area (Å²) in [4.78, 5) is 28.8. The maximum Gasteiger partial charge on any atom is 0.437 e. The average molecular weight is 513 g/mol. The van der Waals surface area contributed by atoms with Crippen LogP contribution in [0.1, 0.15) is 63.1 Å². The molecule has 0 bridgehead atoms. The molecule has 2 aromatic heterocycles. The van der Waals surface area contributed by atoms with Gasteiger partial charge in [0.2, 0.25) is 0 Å². The molecule has 7 nitrogen and oxygen atoms in total. The van der Waals surface area contributed by atoms with Crippen LogP contribution in [0.3, 0.4) is 0 Å². The van der Waals surface area contributed by atoms with E-state index < -0.39 is 35.2 Å². The van der Waals surface area contributed by atoms with Crippen LogP contribution in [0.4, 0.5) is 23.2 Å². The number of primary amides is 1. The van der Waals surface area contributed by atoms with Crippen molar-refractivity contribution in [1.82, 2.24) is 14.8 Å². The standard InChI is InChI=1S/C26H23F4N5O2/c1-13(2)16-6-4-15(5-7-16)12-35-14(3)22(23(34-35)26(28,29)30)33-25(37)19-11-21(24(31)36)32-20-10-17(27)8-9-18(19)20/h4-11,13H,12H2,1-3H3,(H2,31,36)(H,33,37). The number of carbonyl (C=O) groups excluding carboxylic acids is 2. The first-order chi connectivity index (χ1) is 17.3. The number of fused-ring (bicyclic) bond motifs is 1. The molecular formula is C26H23F4N5O2. The van der Waals surface area contributed by atoms with Crippen molar-refractivity contribution in [2.24, 2.45) is 5.73 Å². The second-order valence-electron chi connectivity index (χ2n) is 8.90. The molecule has 37 heavy (non-hydrogen) atoms. The Morgan fingerprint density at radius 2 is 1.76 bits per heavy atom. The third kappa shape index (κ3) is 5.30. The second kappa shape index (κ2) is 9.64. The van der Waals surface area contributed by atoms with Gasteiger partial charge in [0.25, 0.3) is 11.8 Å². The van der Waals surface area contributed by atoms with E-state index in [1.807, 2.05) is 38.1 Å². The number of carbonyl (C=O) groups is 2. The molecule has 0 aliphatic rings. The van der Waals surface area contributed by atoms with Gasteiger partial charge >= 0.3 is 6.18 Å². The molecule has 0 aliphatic carbocycles. The maximum atomic E-state index is 13.9. The number of anilines is 1. The van der Waals surface area contributed by atoms with Crippen LogP contribution in [0, 0.1) is 12.7 Å². The molecule has 2 aromatic carbocycles. The number of nitrogens with two attached hydrogens (primary N) is 1. The second-order valence-corrected chi connectivity index (χ2v) is 8.90. The quantitative estimate of drug-likeness (QED) is 0.336. The molecule has 2 amide bonds. The fraction of sp³-hybridized carbons (Fsp3) is 0.231. The number of aromatic nitrogens is 3. The highest BCUT2D eigenvalue weighted by Gasteiger charge is 2.39. The van der Waals surface area contributed by atoms with Gasteiger partial charge in [0, 0.05) is 11.5 Å². The summed E-state index contributed by atoms with van der Waals surface area (Å²) in [5.41, 5.74) is 4.81. The van der Waals surface area contributed by atoms with Crippen LogP contribution in [0.15, 0.2) is 48.5 Å². The zero-order chi connectivity index (χ0) is 27.1.